The minimum absolute atomic E-state index is 0.456. The molecule has 0 saturated heterocycles. The van der Waals surface area contributed by atoms with Gasteiger partial charge in [0.05, 0.1) is 0 Å². The van der Waals surface area contributed by atoms with E-state index in [-0.39, 0.29) is 0 Å². The largest absolute Gasteiger partial charge is 0.481 e. The summed E-state index contributed by atoms with van der Waals surface area (Å²) in [7, 11) is 0. The number of anilines is 1. The van der Waals surface area contributed by atoms with Gasteiger partial charge in [0, 0.05) is 24.3 Å². The summed E-state index contributed by atoms with van der Waals surface area (Å²) in [5.41, 5.74) is 2.14. The van der Waals surface area contributed by atoms with E-state index in [0.717, 1.165) is 30.6 Å². The van der Waals surface area contributed by atoms with Crippen LogP contribution in [0, 0.1) is 0 Å². The number of carbonyl (C=O) groups excluding carboxylic acids is 2. The Hall–Kier alpha value is -2.24. The second kappa shape index (κ2) is 6.97. The van der Waals surface area contributed by atoms with Crippen LogP contribution in [0.4, 0.5) is 10.5 Å². The van der Waals surface area contributed by atoms with Crippen molar-refractivity contribution in [2.24, 2.45) is 0 Å². The van der Waals surface area contributed by atoms with Gasteiger partial charge < -0.3 is 15.4 Å². The van der Waals surface area contributed by atoms with Gasteiger partial charge in [0.1, 0.15) is 5.75 Å². The van der Waals surface area contributed by atoms with E-state index in [1.807, 2.05) is 18.2 Å². The fourth-order valence-corrected chi connectivity index (χ4v) is 2.25. The molecule has 0 saturated carbocycles. The lowest BCUT2D eigenvalue weighted by Crippen LogP contribution is -2.45. The van der Waals surface area contributed by atoms with Gasteiger partial charge in [-0.15, -0.1) is 0 Å². The van der Waals surface area contributed by atoms with Gasteiger partial charge >= 0.3 is 6.03 Å². The number of benzene rings is 1. The Morgan fingerprint density at radius 2 is 2.24 bits per heavy atom. The standard InChI is InChI=1S/C15H21N3O3/c1-3-16-15(20)18-14(19)10(2)21-13-8-4-7-12-11(13)6-5-9-17-12/h4,7-8,10,17H,3,5-6,9H2,1-2H3,(H2,16,18,19,20). The molecule has 21 heavy (non-hydrogen) atoms. The number of nitrogens with one attached hydrogen (secondary N) is 3. The third-order valence-corrected chi connectivity index (χ3v) is 3.30. The van der Waals surface area contributed by atoms with E-state index in [2.05, 4.69) is 16.0 Å². The van der Waals surface area contributed by atoms with Crippen LogP contribution >= 0.6 is 0 Å². The fraction of sp³-hybridized carbons (Fsp3) is 0.467. The van der Waals surface area contributed by atoms with Crippen LogP contribution in [0.25, 0.3) is 0 Å². The van der Waals surface area contributed by atoms with E-state index >= 15 is 0 Å². The zero-order valence-electron chi connectivity index (χ0n) is 12.4. The predicted molar refractivity (Wildman–Crippen MR) is 80.6 cm³/mol. The summed E-state index contributed by atoms with van der Waals surface area (Å²) in [6.07, 6.45) is 1.22. The van der Waals surface area contributed by atoms with Gasteiger partial charge in [-0.25, -0.2) is 4.79 Å². The Morgan fingerprint density at radius 1 is 1.43 bits per heavy atom. The first-order valence-electron chi connectivity index (χ1n) is 7.23. The third kappa shape index (κ3) is 3.87. The second-order valence-corrected chi connectivity index (χ2v) is 4.92. The molecule has 0 aliphatic carbocycles. The van der Waals surface area contributed by atoms with Gasteiger partial charge in [-0.1, -0.05) is 6.07 Å². The highest BCUT2D eigenvalue weighted by atomic mass is 16.5. The molecule has 3 amide bonds. The molecule has 1 unspecified atom stereocenters. The predicted octanol–water partition coefficient (Wildman–Crippen LogP) is 1.66. The molecule has 0 radical (unpaired) electrons. The molecule has 114 valence electrons. The van der Waals surface area contributed by atoms with Crippen molar-refractivity contribution in [3.05, 3.63) is 23.8 Å². The summed E-state index contributed by atoms with van der Waals surface area (Å²) in [5, 5.41) is 8.07. The van der Waals surface area contributed by atoms with Gasteiger partial charge in [0.2, 0.25) is 0 Å². The summed E-state index contributed by atoms with van der Waals surface area (Å²) in [6, 6.07) is 5.23. The van der Waals surface area contributed by atoms with Gasteiger partial charge in [-0.3, -0.25) is 10.1 Å². The van der Waals surface area contributed by atoms with Crippen LogP contribution in [0.3, 0.4) is 0 Å². The van der Waals surface area contributed by atoms with Gasteiger partial charge in [-0.05, 0) is 38.8 Å². The highest BCUT2D eigenvalue weighted by molar-refractivity contribution is 5.96. The molecular weight excluding hydrogens is 270 g/mol. The molecule has 6 heteroatoms. The van der Waals surface area contributed by atoms with Crippen molar-refractivity contribution in [3.8, 4) is 5.75 Å². The van der Waals surface area contributed by atoms with E-state index in [1.165, 1.54) is 0 Å². The molecule has 1 atom stereocenters. The minimum atomic E-state index is -0.735. The summed E-state index contributed by atoms with van der Waals surface area (Å²) >= 11 is 0. The van der Waals surface area contributed by atoms with Crippen molar-refractivity contribution >= 4 is 17.6 Å². The van der Waals surface area contributed by atoms with Crippen LogP contribution in [0.2, 0.25) is 0 Å². The molecule has 2 rings (SSSR count). The molecule has 1 heterocycles. The fourth-order valence-electron chi connectivity index (χ4n) is 2.25. The normalized spacial score (nSPS) is 14.4. The highest BCUT2D eigenvalue weighted by Crippen LogP contribution is 2.31. The Labute approximate surface area is 124 Å². The Kier molecular flexibility index (Phi) is 5.03. The second-order valence-electron chi connectivity index (χ2n) is 4.92. The van der Waals surface area contributed by atoms with E-state index in [4.69, 9.17) is 4.74 Å². The number of ether oxygens (including phenoxy) is 1. The molecule has 0 aromatic heterocycles. The van der Waals surface area contributed by atoms with E-state index in [9.17, 15) is 9.59 Å². The van der Waals surface area contributed by atoms with Crippen LogP contribution in [-0.2, 0) is 11.2 Å². The molecular formula is C15H21N3O3. The minimum Gasteiger partial charge on any atom is -0.481 e. The molecule has 1 aromatic carbocycles. The smallest absolute Gasteiger partial charge is 0.321 e. The van der Waals surface area contributed by atoms with E-state index in [1.54, 1.807) is 13.8 Å². The Morgan fingerprint density at radius 3 is 3.00 bits per heavy atom. The maximum absolute atomic E-state index is 11.9. The van der Waals surface area contributed by atoms with E-state index in [0.29, 0.717) is 12.3 Å². The molecule has 1 aromatic rings. The topological polar surface area (TPSA) is 79.5 Å². The summed E-state index contributed by atoms with van der Waals surface area (Å²) in [4.78, 5) is 23.2. The number of hydrogen-bond donors (Lipinski definition) is 3. The molecule has 1 aliphatic rings. The van der Waals surface area contributed by atoms with Crippen LogP contribution in [0.15, 0.2) is 18.2 Å². The Balaban J connectivity index is 2.01. The molecule has 0 fully saturated rings. The molecule has 3 N–H and O–H groups in total. The van der Waals surface area contributed by atoms with Crippen LogP contribution < -0.4 is 20.7 Å². The van der Waals surface area contributed by atoms with Crippen molar-refractivity contribution in [2.45, 2.75) is 32.8 Å². The van der Waals surface area contributed by atoms with Crippen molar-refractivity contribution < 1.29 is 14.3 Å². The Bertz CT molecular complexity index is 531. The average molecular weight is 291 g/mol. The maximum Gasteiger partial charge on any atom is 0.321 e. The number of amides is 3. The highest BCUT2D eigenvalue weighted by Gasteiger charge is 2.20. The van der Waals surface area contributed by atoms with Crippen molar-refractivity contribution in [3.63, 3.8) is 0 Å². The third-order valence-electron chi connectivity index (χ3n) is 3.30. The molecule has 1 aliphatic heterocycles. The SMILES string of the molecule is CCNC(=O)NC(=O)C(C)Oc1cccc2c1CCCN2. The number of urea groups is 1. The number of fused-ring (bicyclic) bond motifs is 1. The van der Waals surface area contributed by atoms with Crippen LogP contribution in [0.1, 0.15) is 25.8 Å². The first kappa shape index (κ1) is 15.2. The lowest BCUT2D eigenvalue weighted by atomic mass is 10.0. The molecule has 0 spiro atoms. The maximum atomic E-state index is 11.9. The summed E-state index contributed by atoms with van der Waals surface area (Å²) < 4.78 is 5.72. The van der Waals surface area contributed by atoms with E-state index < -0.39 is 18.0 Å². The van der Waals surface area contributed by atoms with Gasteiger partial charge in [0.15, 0.2) is 6.10 Å². The summed E-state index contributed by atoms with van der Waals surface area (Å²) in [6.45, 7) is 4.83. The van der Waals surface area contributed by atoms with Crippen LogP contribution in [-0.4, -0.2) is 31.1 Å². The molecule has 6 nitrogen and oxygen atoms in total. The van der Waals surface area contributed by atoms with Gasteiger partial charge in [-0.2, -0.15) is 0 Å². The van der Waals surface area contributed by atoms with Gasteiger partial charge in [0.25, 0.3) is 5.91 Å². The zero-order valence-corrected chi connectivity index (χ0v) is 12.4. The van der Waals surface area contributed by atoms with Crippen molar-refractivity contribution in [1.29, 1.82) is 0 Å². The monoisotopic (exact) mass is 291 g/mol. The molecule has 0 bridgehead atoms. The lowest BCUT2D eigenvalue weighted by Gasteiger charge is -2.22. The van der Waals surface area contributed by atoms with Crippen molar-refractivity contribution in [2.75, 3.05) is 18.4 Å². The van der Waals surface area contributed by atoms with Crippen LogP contribution in [0.5, 0.6) is 5.75 Å². The average Bonchev–Trinajstić information content (AvgIpc) is 2.47. The summed E-state index contributed by atoms with van der Waals surface area (Å²) in [5.74, 6) is 0.237. The number of imide groups is 1. The number of rotatable bonds is 4. The quantitative estimate of drug-likeness (QED) is 0.788. The zero-order chi connectivity index (χ0) is 15.2. The number of carbonyl (C=O) groups is 2. The first-order valence-corrected chi connectivity index (χ1v) is 7.23. The van der Waals surface area contributed by atoms with Crippen molar-refractivity contribution in [1.82, 2.24) is 10.6 Å². The number of hydrogen-bond acceptors (Lipinski definition) is 4. The lowest BCUT2D eigenvalue weighted by molar-refractivity contribution is -0.126. The first-order chi connectivity index (χ1) is 10.1.